The van der Waals surface area contributed by atoms with E-state index in [-0.39, 0.29) is 11.1 Å². The SMILES string of the molecule is C=CC(=O)Oc1c(C)cccc1C(c1cccc(C)c1OC(=O)C=C)(C(F)(F)F)C(F)(F)F. The quantitative estimate of drug-likeness (QED) is 0.228. The molecule has 0 aliphatic heterocycles. The van der Waals surface area contributed by atoms with Crippen molar-refractivity contribution in [1.82, 2.24) is 0 Å². The summed E-state index contributed by atoms with van der Waals surface area (Å²) in [5.41, 5.74) is -7.87. The number of halogens is 6. The van der Waals surface area contributed by atoms with Crippen molar-refractivity contribution in [3.63, 3.8) is 0 Å². The third-order valence-corrected chi connectivity index (χ3v) is 4.82. The van der Waals surface area contributed by atoms with Crippen LogP contribution in [0.15, 0.2) is 61.7 Å². The van der Waals surface area contributed by atoms with Crippen LogP contribution < -0.4 is 9.47 Å². The highest BCUT2D eigenvalue weighted by atomic mass is 19.4. The Hall–Kier alpha value is -3.56. The normalized spacial score (nSPS) is 12.1. The lowest BCUT2D eigenvalue weighted by Gasteiger charge is -2.40. The molecule has 0 radical (unpaired) electrons. The second-order valence-corrected chi connectivity index (χ2v) is 6.90. The van der Waals surface area contributed by atoms with Crippen molar-refractivity contribution in [3.8, 4) is 11.5 Å². The average molecular weight is 472 g/mol. The standard InChI is InChI=1S/C23H18F6O4/c1-5-17(30)32-19-13(3)9-7-11-15(19)21(22(24,25)26,23(27,28)29)16-12-8-10-14(4)20(16)33-18(31)6-2/h5-12H,1-2H2,3-4H3. The third kappa shape index (κ3) is 4.50. The Morgan fingerprint density at radius 2 is 1.06 bits per heavy atom. The molecule has 0 fully saturated rings. The van der Waals surface area contributed by atoms with E-state index in [1.807, 2.05) is 0 Å². The number of carbonyl (C=O) groups excluding carboxylic acids is 2. The summed E-state index contributed by atoms with van der Waals surface area (Å²) in [6.07, 6.45) is -10.8. The van der Waals surface area contributed by atoms with Gasteiger partial charge in [0.25, 0.3) is 0 Å². The molecule has 33 heavy (non-hydrogen) atoms. The van der Waals surface area contributed by atoms with Gasteiger partial charge in [0.2, 0.25) is 5.41 Å². The van der Waals surface area contributed by atoms with Gasteiger partial charge in [-0.1, -0.05) is 49.6 Å². The predicted octanol–water partition coefficient (Wildman–Crippen LogP) is 5.90. The summed E-state index contributed by atoms with van der Waals surface area (Å²) < 4.78 is 97.6. The smallest absolute Gasteiger partial charge is 0.411 e. The number of esters is 2. The number of rotatable bonds is 6. The molecule has 0 amide bonds. The summed E-state index contributed by atoms with van der Waals surface area (Å²) in [4.78, 5) is 23.5. The number of para-hydroxylation sites is 2. The summed E-state index contributed by atoms with van der Waals surface area (Å²) in [6, 6.07) is 5.41. The first-order chi connectivity index (χ1) is 15.2. The van der Waals surface area contributed by atoms with Gasteiger partial charge in [-0.25, -0.2) is 9.59 Å². The molecule has 0 aliphatic carbocycles. The minimum atomic E-state index is -6.02. The van der Waals surface area contributed by atoms with Crippen LogP contribution in [0, 0.1) is 13.8 Å². The third-order valence-electron chi connectivity index (χ3n) is 4.82. The largest absolute Gasteiger partial charge is 0.423 e. The molecule has 2 rings (SSSR count). The van der Waals surface area contributed by atoms with E-state index in [0.717, 1.165) is 12.1 Å². The molecule has 0 atom stereocenters. The highest BCUT2D eigenvalue weighted by Crippen LogP contribution is 2.60. The predicted molar refractivity (Wildman–Crippen MR) is 107 cm³/mol. The first-order valence-electron chi connectivity index (χ1n) is 9.24. The van der Waals surface area contributed by atoms with Gasteiger partial charge in [0.1, 0.15) is 11.5 Å². The molecule has 0 unspecified atom stereocenters. The molecule has 2 aromatic rings. The number of benzene rings is 2. The Morgan fingerprint density at radius 3 is 1.33 bits per heavy atom. The second kappa shape index (κ2) is 9.13. The Balaban J connectivity index is 3.14. The van der Waals surface area contributed by atoms with Crippen molar-refractivity contribution < 1.29 is 45.4 Å². The van der Waals surface area contributed by atoms with E-state index >= 15 is 0 Å². The summed E-state index contributed by atoms with van der Waals surface area (Å²) in [5, 5.41) is 0. The van der Waals surface area contributed by atoms with Crippen LogP contribution in [-0.2, 0) is 15.0 Å². The van der Waals surface area contributed by atoms with Crippen molar-refractivity contribution in [3.05, 3.63) is 84.0 Å². The van der Waals surface area contributed by atoms with Gasteiger partial charge in [-0.3, -0.25) is 0 Å². The Morgan fingerprint density at radius 1 is 0.727 bits per heavy atom. The van der Waals surface area contributed by atoms with Crippen LogP contribution in [0.3, 0.4) is 0 Å². The van der Waals surface area contributed by atoms with Gasteiger partial charge >= 0.3 is 24.3 Å². The fourth-order valence-electron chi connectivity index (χ4n) is 3.37. The maximum absolute atomic E-state index is 14.7. The molecule has 0 N–H and O–H groups in total. The first-order valence-corrected chi connectivity index (χ1v) is 9.24. The minimum absolute atomic E-state index is 0.169. The van der Waals surface area contributed by atoms with Crippen LogP contribution >= 0.6 is 0 Å². The topological polar surface area (TPSA) is 52.6 Å². The maximum atomic E-state index is 14.7. The lowest BCUT2D eigenvalue weighted by Crippen LogP contribution is -2.55. The van der Waals surface area contributed by atoms with Gasteiger partial charge in [-0.2, -0.15) is 26.3 Å². The summed E-state index contributed by atoms with van der Waals surface area (Å²) in [7, 11) is 0. The molecule has 2 aromatic carbocycles. The first kappa shape index (κ1) is 25.7. The molecule has 0 aliphatic rings. The van der Waals surface area contributed by atoms with Crippen LogP contribution in [0.25, 0.3) is 0 Å². The van der Waals surface area contributed by atoms with Gasteiger partial charge in [-0.15, -0.1) is 0 Å². The molecular formula is C23H18F6O4. The number of carbonyl (C=O) groups is 2. The van der Waals surface area contributed by atoms with Crippen molar-refractivity contribution in [2.75, 3.05) is 0 Å². The molecule has 0 heterocycles. The van der Waals surface area contributed by atoms with E-state index < -0.39 is 52.3 Å². The molecule has 0 saturated heterocycles. The number of aryl methyl sites for hydroxylation is 2. The van der Waals surface area contributed by atoms with Crippen LogP contribution in [0.2, 0.25) is 0 Å². The molecule has 10 heteroatoms. The Kier molecular flexibility index (Phi) is 7.11. The Labute approximate surface area is 185 Å². The molecule has 0 bridgehead atoms. The maximum Gasteiger partial charge on any atom is 0.411 e. The molecular weight excluding hydrogens is 454 g/mol. The van der Waals surface area contributed by atoms with Crippen molar-refractivity contribution >= 4 is 11.9 Å². The van der Waals surface area contributed by atoms with Crippen LogP contribution in [0.4, 0.5) is 26.3 Å². The van der Waals surface area contributed by atoms with Crippen molar-refractivity contribution in [1.29, 1.82) is 0 Å². The van der Waals surface area contributed by atoms with E-state index in [0.29, 0.717) is 24.3 Å². The van der Waals surface area contributed by atoms with Gasteiger partial charge in [0, 0.05) is 23.3 Å². The fourth-order valence-corrected chi connectivity index (χ4v) is 3.37. The van der Waals surface area contributed by atoms with E-state index in [1.165, 1.54) is 26.0 Å². The number of hydrogen-bond donors (Lipinski definition) is 0. The minimum Gasteiger partial charge on any atom is -0.423 e. The summed E-state index contributed by atoms with van der Waals surface area (Å²) in [5.74, 6) is -4.41. The molecule has 4 nitrogen and oxygen atoms in total. The summed E-state index contributed by atoms with van der Waals surface area (Å²) in [6.45, 7) is 8.60. The number of hydrogen-bond acceptors (Lipinski definition) is 4. The monoisotopic (exact) mass is 472 g/mol. The van der Waals surface area contributed by atoms with E-state index in [4.69, 9.17) is 9.47 Å². The van der Waals surface area contributed by atoms with E-state index in [9.17, 15) is 35.9 Å². The van der Waals surface area contributed by atoms with E-state index in [2.05, 4.69) is 13.2 Å². The average Bonchev–Trinajstić information content (AvgIpc) is 2.70. The van der Waals surface area contributed by atoms with Crippen LogP contribution in [0.5, 0.6) is 11.5 Å². The second-order valence-electron chi connectivity index (χ2n) is 6.90. The van der Waals surface area contributed by atoms with Gasteiger partial charge in [0.05, 0.1) is 0 Å². The Bertz CT molecular complexity index is 1010. The highest BCUT2D eigenvalue weighted by Gasteiger charge is 2.74. The zero-order chi connectivity index (χ0) is 25.2. The zero-order valence-electron chi connectivity index (χ0n) is 17.4. The number of alkyl halides is 6. The lowest BCUT2D eigenvalue weighted by molar-refractivity contribution is -0.289. The van der Waals surface area contributed by atoms with Crippen LogP contribution in [-0.4, -0.2) is 24.3 Å². The van der Waals surface area contributed by atoms with E-state index in [1.54, 1.807) is 0 Å². The van der Waals surface area contributed by atoms with Gasteiger partial charge < -0.3 is 9.47 Å². The van der Waals surface area contributed by atoms with Gasteiger partial charge in [-0.05, 0) is 25.0 Å². The summed E-state index contributed by atoms with van der Waals surface area (Å²) >= 11 is 0. The van der Waals surface area contributed by atoms with Crippen molar-refractivity contribution in [2.24, 2.45) is 0 Å². The van der Waals surface area contributed by atoms with Crippen LogP contribution in [0.1, 0.15) is 22.3 Å². The van der Waals surface area contributed by atoms with Crippen molar-refractivity contribution in [2.45, 2.75) is 31.6 Å². The highest BCUT2D eigenvalue weighted by molar-refractivity contribution is 5.85. The molecule has 0 spiro atoms. The zero-order valence-corrected chi connectivity index (χ0v) is 17.4. The fraction of sp³-hybridized carbons (Fsp3) is 0.217. The molecule has 0 aromatic heterocycles. The lowest BCUT2D eigenvalue weighted by atomic mass is 9.71. The van der Waals surface area contributed by atoms with Gasteiger partial charge in [0.15, 0.2) is 0 Å². The molecule has 176 valence electrons. The molecule has 0 saturated carbocycles. The number of ether oxygens (including phenoxy) is 2.